The maximum Gasteiger partial charge on any atom is 0.282 e. The van der Waals surface area contributed by atoms with Gasteiger partial charge in [-0.1, -0.05) is 28.1 Å². The van der Waals surface area contributed by atoms with Crippen LogP contribution in [0.5, 0.6) is 5.75 Å². The number of nitro groups is 1. The molecule has 9 heteroatoms. The number of carbonyl (C=O) groups excluding carboxylic acids is 2. The largest absolute Gasteiger partial charge is 0.496 e. The average molecular weight is 394 g/mol. The van der Waals surface area contributed by atoms with E-state index in [0.29, 0.717) is 10.2 Å². The van der Waals surface area contributed by atoms with Crippen molar-refractivity contribution in [1.82, 2.24) is 10.9 Å². The second kappa shape index (κ2) is 7.55. The van der Waals surface area contributed by atoms with Gasteiger partial charge in [0, 0.05) is 10.5 Å². The van der Waals surface area contributed by atoms with Crippen molar-refractivity contribution >= 4 is 33.4 Å². The molecule has 124 valence electrons. The van der Waals surface area contributed by atoms with Crippen LogP contribution in [0, 0.1) is 10.1 Å². The minimum atomic E-state index is -0.801. The summed E-state index contributed by atoms with van der Waals surface area (Å²) in [7, 11) is 1.41. The summed E-state index contributed by atoms with van der Waals surface area (Å²) in [4.78, 5) is 34.5. The molecule has 0 aliphatic carbocycles. The highest BCUT2D eigenvalue weighted by Gasteiger charge is 2.20. The van der Waals surface area contributed by atoms with Crippen LogP contribution >= 0.6 is 15.9 Å². The van der Waals surface area contributed by atoms with Gasteiger partial charge in [-0.2, -0.15) is 0 Å². The smallest absolute Gasteiger partial charge is 0.282 e. The van der Waals surface area contributed by atoms with Gasteiger partial charge >= 0.3 is 0 Å². The van der Waals surface area contributed by atoms with Gasteiger partial charge in [0.05, 0.1) is 17.6 Å². The summed E-state index contributed by atoms with van der Waals surface area (Å²) in [6.07, 6.45) is 0. The number of carbonyl (C=O) groups is 2. The van der Waals surface area contributed by atoms with Crippen LogP contribution < -0.4 is 15.6 Å². The number of hydrogen-bond acceptors (Lipinski definition) is 5. The van der Waals surface area contributed by atoms with Gasteiger partial charge in [-0.05, 0) is 24.3 Å². The molecule has 24 heavy (non-hydrogen) atoms. The number of rotatable bonds is 4. The summed E-state index contributed by atoms with van der Waals surface area (Å²) >= 11 is 3.24. The number of nitro benzene ring substituents is 1. The van der Waals surface area contributed by atoms with Gasteiger partial charge in [-0.3, -0.25) is 30.6 Å². The topological polar surface area (TPSA) is 111 Å². The molecule has 0 bridgehead atoms. The molecule has 0 aliphatic heterocycles. The van der Waals surface area contributed by atoms with Crippen LogP contribution in [0.2, 0.25) is 0 Å². The van der Waals surface area contributed by atoms with Crippen molar-refractivity contribution in [2.24, 2.45) is 0 Å². The van der Waals surface area contributed by atoms with Crippen LogP contribution in [0.25, 0.3) is 0 Å². The van der Waals surface area contributed by atoms with Crippen molar-refractivity contribution in [3.8, 4) is 5.75 Å². The van der Waals surface area contributed by atoms with Crippen molar-refractivity contribution in [2.45, 2.75) is 0 Å². The molecular weight excluding hydrogens is 382 g/mol. The zero-order chi connectivity index (χ0) is 17.7. The number of methoxy groups -OCH3 is 1. The van der Waals surface area contributed by atoms with E-state index in [1.54, 1.807) is 12.1 Å². The van der Waals surface area contributed by atoms with Crippen molar-refractivity contribution in [3.05, 3.63) is 68.2 Å². The number of hydrazine groups is 1. The summed E-state index contributed by atoms with van der Waals surface area (Å²) in [5.41, 5.74) is 4.02. The molecule has 2 aromatic carbocycles. The first-order valence-electron chi connectivity index (χ1n) is 6.61. The van der Waals surface area contributed by atoms with E-state index in [2.05, 4.69) is 26.8 Å². The summed E-state index contributed by atoms with van der Waals surface area (Å²) in [5, 5.41) is 10.9. The van der Waals surface area contributed by atoms with E-state index in [1.165, 1.54) is 37.4 Å². The predicted octanol–water partition coefficient (Wildman–Crippen LogP) is 2.44. The average Bonchev–Trinajstić information content (AvgIpc) is 2.59. The van der Waals surface area contributed by atoms with Crippen LogP contribution in [-0.4, -0.2) is 23.8 Å². The molecule has 0 radical (unpaired) electrons. The molecule has 2 aromatic rings. The molecule has 8 nitrogen and oxygen atoms in total. The number of nitrogens with zero attached hydrogens (tertiary/aromatic N) is 1. The zero-order valence-electron chi connectivity index (χ0n) is 12.4. The van der Waals surface area contributed by atoms with Crippen molar-refractivity contribution in [2.75, 3.05) is 7.11 Å². The Labute approximate surface area is 145 Å². The second-order valence-corrected chi connectivity index (χ2v) is 5.44. The minimum Gasteiger partial charge on any atom is -0.496 e. The van der Waals surface area contributed by atoms with Crippen molar-refractivity contribution in [3.63, 3.8) is 0 Å². The Hall–Kier alpha value is -2.94. The summed E-state index contributed by atoms with van der Waals surface area (Å²) in [5.74, 6) is -1.11. The first-order valence-corrected chi connectivity index (χ1v) is 7.41. The van der Waals surface area contributed by atoms with Gasteiger partial charge in [0.15, 0.2) is 0 Å². The van der Waals surface area contributed by atoms with Gasteiger partial charge in [0.25, 0.3) is 17.5 Å². The molecule has 0 spiro atoms. The zero-order valence-corrected chi connectivity index (χ0v) is 14.0. The molecule has 2 amide bonds. The normalized spacial score (nSPS) is 9.92. The maximum absolute atomic E-state index is 12.2. The van der Waals surface area contributed by atoms with Crippen LogP contribution in [0.4, 0.5) is 5.69 Å². The first-order chi connectivity index (χ1) is 11.4. The van der Waals surface area contributed by atoms with E-state index in [-0.39, 0.29) is 16.8 Å². The number of amides is 2. The molecule has 2 N–H and O–H groups in total. The summed E-state index contributed by atoms with van der Waals surface area (Å²) in [6.45, 7) is 0. The fraction of sp³-hybridized carbons (Fsp3) is 0.0667. The molecule has 0 aromatic heterocycles. The SMILES string of the molecule is COc1ccc(Br)cc1C(=O)NNC(=O)c1ccccc1[N+](=O)[O-]. The molecule has 0 saturated carbocycles. The highest BCUT2D eigenvalue weighted by atomic mass is 79.9. The Kier molecular flexibility index (Phi) is 5.48. The third-order valence-electron chi connectivity index (χ3n) is 3.04. The van der Waals surface area contributed by atoms with E-state index in [4.69, 9.17) is 4.74 Å². The number of para-hydroxylation sites is 1. The molecule has 0 saturated heterocycles. The van der Waals surface area contributed by atoms with Crippen LogP contribution in [0.3, 0.4) is 0 Å². The highest BCUT2D eigenvalue weighted by Crippen LogP contribution is 2.22. The van der Waals surface area contributed by atoms with Crippen molar-refractivity contribution in [1.29, 1.82) is 0 Å². The lowest BCUT2D eigenvalue weighted by Gasteiger charge is -2.11. The minimum absolute atomic E-state index is 0.163. The van der Waals surface area contributed by atoms with Gasteiger partial charge in [0.2, 0.25) is 0 Å². The number of benzene rings is 2. The van der Waals surface area contributed by atoms with E-state index in [1.807, 2.05) is 0 Å². The quantitative estimate of drug-likeness (QED) is 0.612. The van der Waals surface area contributed by atoms with Crippen LogP contribution in [0.1, 0.15) is 20.7 Å². The molecule has 0 aliphatic rings. The Morgan fingerprint density at radius 2 is 1.71 bits per heavy atom. The lowest BCUT2D eigenvalue weighted by molar-refractivity contribution is -0.385. The third kappa shape index (κ3) is 3.87. The highest BCUT2D eigenvalue weighted by molar-refractivity contribution is 9.10. The van der Waals surface area contributed by atoms with Gasteiger partial charge in [0.1, 0.15) is 11.3 Å². The molecule has 0 atom stereocenters. The monoisotopic (exact) mass is 393 g/mol. The Balaban J connectivity index is 2.14. The van der Waals surface area contributed by atoms with Gasteiger partial charge in [-0.15, -0.1) is 0 Å². The maximum atomic E-state index is 12.2. The Morgan fingerprint density at radius 1 is 1.08 bits per heavy atom. The van der Waals surface area contributed by atoms with E-state index < -0.39 is 16.7 Å². The first kappa shape index (κ1) is 17.4. The standard InChI is InChI=1S/C15H12BrN3O5/c1-24-13-7-6-9(16)8-11(13)15(21)18-17-14(20)10-4-2-3-5-12(10)19(22)23/h2-8H,1H3,(H,17,20)(H,18,21). The van der Waals surface area contributed by atoms with E-state index in [0.717, 1.165) is 0 Å². The van der Waals surface area contributed by atoms with Gasteiger partial charge < -0.3 is 4.74 Å². The molecule has 0 fully saturated rings. The number of hydrogen-bond donors (Lipinski definition) is 2. The molecular formula is C15H12BrN3O5. The van der Waals surface area contributed by atoms with Crippen molar-refractivity contribution < 1.29 is 19.2 Å². The lowest BCUT2D eigenvalue weighted by atomic mass is 10.1. The number of nitrogens with one attached hydrogen (secondary N) is 2. The molecule has 0 heterocycles. The molecule has 2 rings (SSSR count). The van der Waals surface area contributed by atoms with Crippen LogP contribution in [-0.2, 0) is 0 Å². The fourth-order valence-corrected chi connectivity index (χ4v) is 2.29. The predicted molar refractivity (Wildman–Crippen MR) is 88.7 cm³/mol. The fourth-order valence-electron chi connectivity index (χ4n) is 1.93. The second-order valence-electron chi connectivity index (χ2n) is 4.53. The van der Waals surface area contributed by atoms with E-state index >= 15 is 0 Å². The van der Waals surface area contributed by atoms with Gasteiger partial charge in [-0.25, -0.2) is 0 Å². The number of ether oxygens (including phenoxy) is 1. The summed E-state index contributed by atoms with van der Waals surface area (Å²) < 4.78 is 5.73. The number of halogens is 1. The molecule has 0 unspecified atom stereocenters. The third-order valence-corrected chi connectivity index (χ3v) is 3.53. The lowest BCUT2D eigenvalue weighted by Crippen LogP contribution is -2.42. The van der Waals surface area contributed by atoms with Crippen LogP contribution in [0.15, 0.2) is 46.9 Å². The Bertz CT molecular complexity index is 809. The Morgan fingerprint density at radius 3 is 2.33 bits per heavy atom. The van der Waals surface area contributed by atoms with E-state index in [9.17, 15) is 19.7 Å². The summed E-state index contributed by atoms with van der Waals surface area (Å²) in [6, 6.07) is 10.2.